The van der Waals surface area contributed by atoms with Crippen LogP contribution in [-0.4, -0.2) is 60.7 Å². The molecule has 240 valence electrons. The highest BCUT2D eigenvalue weighted by Crippen LogP contribution is 2.33. The third-order valence-corrected chi connectivity index (χ3v) is 9.79. The SMILES string of the molecule is CCCCCc1cc2c(CCCCCNC(=O)OC(C)(C)C)cc(-c3cccc(S(=O)(=O)N4CC(CO)C4)c3)cc2nc1N. The van der Waals surface area contributed by atoms with Crippen LogP contribution in [0.5, 0.6) is 0 Å². The highest BCUT2D eigenvalue weighted by atomic mass is 32.2. The predicted molar refractivity (Wildman–Crippen MR) is 176 cm³/mol. The van der Waals surface area contributed by atoms with Crippen molar-refractivity contribution in [2.24, 2.45) is 5.92 Å². The van der Waals surface area contributed by atoms with E-state index in [9.17, 15) is 18.3 Å². The number of aromatic nitrogens is 1. The molecule has 1 saturated heterocycles. The van der Waals surface area contributed by atoms with Crippen molar-refractivity contribution < 1.29 is 23.1 Å². The number of aryl methyl sites for hydroxylation is 2. The van der Waals surface area contributed by atoms with Gasteiger partial charge in [0.15, 0.2) is 0 Å². The molecule has 0 atom stereocenters. The van der Waals surface area contributed by atoms with Gasteiger partial charge in [0.25, 0.3) is 0 Å². The van der Waals surface area contributed by atoms with Gasteiger partial charge in [-0.15, -0.1) is 0 Å². The van der Waals surface area contributed by atoms with Gasteiger partial charge in [0.1, 0.15) is 11.4 Å². The normalized spacial score (nSPS) is 14.5. The number of sulfonamides is 1. The van der Waals surface area contributed by atoms with Crippen LogP contribution in [0.2, 0.25) is 0 Å². The number of anilines is 1. The first-order chi connectivity index (χ1) is 20.9. The summed E-state index contributed by atoms with van der Waals surface area (Å²) in [6.07, 6.45) is 7.29. The lowest BCUT2D eigenvalue weighted by Gasteiger charge is -2.36. The molecule has 0 unspecified atom stereocenters. The maximum absolute atomic E-state index is 13.2. The van der Waals surface area contributed by atoms with Crippen molar-refractivity contribution in [1.82, 2.24) is 14.6 Å². The Labute approximate surface area is 262 Å². The van der Waals surface area contributed by atoms with E-state index >= 15 is 0 Å². The fraction of sp³-hybridized carbons (Fsp3) is 0.529. The zero-order chi connectivity index (χ0) is 31.9. The van der Waals surface area contributed by atoms with Crippen LogP contribution < -0.4 is 11.1 Å². The number of alkyl carbamates (subject to hydrolysis) is 1. The van der Waals surface area contributed by atoms with Gasteiger partial charge in [-0.25, -0.2) is 18.2 Å². The molecular formula is C34H48N4O5S. The fourth-order valence-corrected chi connectivity index (χ4v) is 7.12. The number of carbonyl (C=O) groups excluding carboxylic acids is 1. The van der Waals surface area contributed by atoms with Crippen molar-refractivity contribution in [3.05, 3.63) is 53.6 Å². The van der Waals surface area contributed by atoms with Crippen molar-refractivity contribution in [1.29, 1.82) is 0 Å². The Balaban J connectivity index is 1.56. The average molecular weight is 625 g/mol. The van der Waals surface area contributed by atoms with Crippen LogP contribution >= 0.6 is 0 Å². The van der Waals surface area contributed by atoms with Crippen molar-refractivity contribution >= 4 is 32.8 Å². The van der Waals surface area contributed by atoms with Gasteiger partial charge in [-0.2, -0.15) is 4.31 Å². The number of nitrogens with one attached hydrogen (secondary N) is 1. The number of rotatable bonds is 14. The number of nitrogens with zero attached hydrogens (tertiary/aromatic N) is 2. The molecule has 0 aliphatic carbocycles. The van der Waals surface area contributed by atoms with Crippen LogP contribution in [-0.2, 0) is 27.6 Å². The molecule has 2 heterocycles. The molecule has 4 N–H and O–H groups in total. The molecule has 0 bridgehead atoms. The monoisotopic (exact) mass is 624 g/mol. The first-order valence-electron chi connectivity index (χ1n) is 15.8. The van der Waals surface area contributed by atoms with E-state index in [1.807, 2.05) is 32.9 Å². The summed E-state index contributed by atoms with van der Waals surface area (Å²) in [5.41, 5.74) is 10.6. The fourth-order valence-electron chi connectivity index (χ4n) is 5.49. The van der Waals surface area contributed by atoms with Gasteiger partial charge < -0.3 is 20.9 Å². The molecule has 1 amide bonds. The molecule has 1 aromatic heterocycles. The van der Waals surface area contributed by atoms with Gasteiger partial charge in [0.2, 0.25) is 10.0 Å². The summed E-state index contributed by atoms with van der Waals surface area (Å²) in [7, 11) is -3.64. The number of benzene rings is 2. The van der Waals surface area contributed by atoms with Crippen LogP contribution in [0.25, 0.3) is 22.0 Å². The number of nitrogen functional groups attached to an aromatic ring is 1. The smallest absolute Gasteiger partial charge is 0.407 e. The van der Waals surface area contributed by atoms with E-state index in [4.69, 9.17) is 15.5 Å². The Morgan fingerprint density at radius 2 is 1.75 bits per heavy atom. The third kappa shape index (κ3) is 8.70. The van der Waals surface area contributed by atoms with E-state index in [0.29, 0.717) is 25.5 Å². The summed E-state index contributed by atoms with van der Waals surface area (Å²) in [6.45, 7) is 8.92. The van der Waals surface area contributed by atoms with E-state index in [-0.39, 0.29) is 17.4 Å². The average Bonchev–Trinajstić information content (AvgIpc) is 2.93. The van der Waals surface area contributed by atoms with E-state index in [0.717, 1.165) is 84.5 Å². The number of aliphatic hydroxyl groups excluding tert-OH is 1. The van der Waals surface area contributed by atoms with E-state index < -0.39 is 21.7 Å². The van der Waals surface area contributed by atoms with Crippen molar-refractivity contribution in [3.8, 4) is 11.1 Å². The lowest BCUT2D eigenvalue weighted by molar-refractivity contribution is 0.0527. The number of unbranched alkanes of at least 4 members (excludes halogenated alkanes) is 4. The largest absolute Gasteiger partial charge is 0.444 e. The number of pyridine rings is 1. The summed E-state index contributed by atoms with van der Waals surface area (Å²) >= 11 is 0. The Bertz CT molecular complexity index is 1550. The molecule has 44 heavy (non-hydrogen) atoms. The number of aliphatic hydroxyl groups is 1. The molecular weight excluding hydrogens is 576 g/mol. The van der Waals surface area contributed by atoms with Gasteiger partial charge in [0, 0.05) is 37.5 Å². The Hall–Kier alpha value is -3.21. The van der Waals surface area contributed by atoms with E-state index in [1.165, 1.54) is 4.31 Å². The van der Waals surface area contributed by atoms with Crippen LogP contribution in [0, 0.1) is 5.92 Å². The highest BCUT2D eigenvalue weighted by molar-refractivity contribution is 7.89. The summed E-state index contributed by atoms with van der Waals surface area (Å²) in [4.78, 5) is 17.0. The van der Waals surface area contributed by atoms with E-state index in [1.54, 1.807) is 18.2 Å². The first kappa shape index (κ1) is 33.7. The Kier molecular flexibility index (Phi) is 11.3. The maximum atomic E-state index is 13.2. The Morgan fingerprint density at radius 1 is 1.02 bits per heavy atom. The van der Waals surface area contributed by atoms with Crippen LogP contribution in [0.15, 0.2) is 47.4 Å². The number of nitrogens with two attached hydrogens (primary N) is 1. The predicted octanol–water partition coefficient (Wildman–Crippen LogP) is 6.07. The molecule has 1 fully saturated rings. The van der Waals surface area contributed by atoms with Gasteiger partial charge >= 0.3 is 6.09 Å². The first-order valence-corrected chi connectivity index (χ1v) is 17.3. The standard InChI is InChI=1S/C34H48N4O5S/c1-5-6-8-13-27-19-30-26(12-9-7-10-16-36-33(40)43-34(2,3)4)17-28(20-31(30)37-32(27)35)25-14-11-15-29(18-25)44(41,42)38-21-24(22-38)23-39/h11,14-15,17-20,24,39H,5-10,12-13,16,21-23H2,1-4H3,(H2,35,37)(H,36,40). The minimum Gasteiger partial charge on any atom is -0.444 e. The summed E-state index contributed by atoms with van der Waals surface area (Å²) in [5, 5.41) is 13.2. The number of carbonyl (C=O) groups is 1. The third-order valence-electron chi connectivity index (χ3n) is 7.96. The lowest BCUT2D eigenvalue weighted by Crippen LogP contribution is -2.51. The van der Waals surface area contributed by atoms with Crippen LogP contribution in [0.1, 0.15) is 77.3 Å². The molecule has 3 aromatic rings. The molecule has 0 radical (unpaired) electrons. The number of hydrogen-bond donors (Lipinski definition) is 3. The number of hydrogen-bond acceptors (Lipinski definition) is 7. The van der Waals surface area contributed by atoms with Crippen LogP contribution in [0.4, 0.5) is 10.6 Å². The van der Waals surface area contributed by atoms with Gasteiger partial charge in [0.05, 0.1) is 10.4 Å². The van der Waals surface area contributed by atoms with Crippen molar-refractivity contribution in [3.63, 3.8) is 0 Å². The molecule has 4 rings (SSSR count). The second-order valence-corrected chi connectivity index (χ2v) is 14.8. The van der Waals surface area contributed by atoms with Gasteiger partial charge in [-0.05, 0) is 99.4 Å². The summed E-state index contributed by atoms with van der Waals surface area (Å²) in [5.74, 6) is 0.532. The Morgan fingerprint density at radius 3 is 2.45 bits per heavy atom. The highest BCUT2D eigenvalue weighted by Gasteiger charge is 2.36. The van der Waals surface area contributed by atoms with Gasteiger partial charge in [-0.3, -0.25) is 0 Å². The maximum Gasteiger partial charge on any atom is 0.407 e. The quantitative estimate of drug-likeness (QED) is 0.185. The molecule has 9 nitrogen and oxygen atoms in total. The molecule has 0 saturated carbocycles. The minimum atomic E-state index is -3.64. The number of ether oxygens (including phenoxy) is 1. The topological polar surface area (TPSA) is 135 Å². The van der Waals surface area contributed by atoms with Crippen LogP contribution in [0.3, 0.4) is 0 Å². The molecule has 10 heteroatoms. The molecule has 1 aliphatic heterocycles. The molecule has 2 aromatic carbocycles. The van der Waals surface area contributed by atoms with Gasteiger partial charge in [-0.1, -0.05) is 44.4 Å². The van der Waals surface area contributed by atoms with E-state index in [2.05, 4.69) is 24.4 Å². The number of amides is 1. The lowest BCUT2D eigenvalue weighted by atomic mass is 9.94. The zero-order valence-corrected chi connectivity index (χ0v) is 27.4. The molecule has 1 aliphatic rings. The zero-order valence-electron chi connectivity index (χ0n) is 26.6. The number of fused-ring (bicyclic) bond motifs is 1. The van der Waals surface area contributed by atoms with Crippen molar-refractivity contribution in [2.45, 2.75) is 89.6 Å². The summed E-state index contributed by atoms with van der Waals surface area (Å²) in [6, 6.07) is 13.3. The second-order valence-electron chi connectivity index (χ2n) is 12.8. The molecule has 0 spiro atoms. The minimum absolute atomic E-state index is 0.00695. The summed E-state index contributed by atoms with van der Waals surface area (Å²) < 4.78 is 33.2. The van der Waals surface area contributed by atoms with Crippen molar-refractivity contribution in [2.75, 3.05) is 32.0 Å². The second kappa shape index (κ2) is 14.7.